The summed E-state index contributed by atoms with van der Waals surface area (Å²) in [6.45, 7) is 0.753. The molecule has 0 aromatic heterocycles. The maximum absolute atomic E-state index is 11.9. The largest absolute Gasteiger partial charge is 0.465 e. The molecule has 0 amide bonds. The van der Waals surface area contributed by atoms with Crippen molar-refractivity contribution in [2.45, 2.75) is 0 Å². The predicted molar refractivity (Wildman–Crippen MR) is 82.9 cm³/mol. The van der Waals surface area contributed by atoms with Gasteiger partial charge in [0.05, 0.1) is 43.3 Å². The molecule has 0 aliphatic rings. The fourth-order valence-corrected chi connectivity index (χ4v) is 2.62. The van der Waals surface area contributed by atoms with E-state index in [2.05, 4.69) is 9.46 Å². The van der Waals surface area contributed by atoms with Crippen LogP contribution in [0.5, 0.6) is 0 Å². The summed E-state index contributed by atoms with van der Waals surface area (Å²) in [5, 5.41) is 0.178. The standard InChI is InChI=1S/C13H18ClNO6S/c1-19-5-6-21-7-8-22(17,18)15-10-3-4-12(14)11(9-10)13(16)20-2/h3-4,9,15H,5-8H2,1-2H3. The van der Waals surface area contributed by atoms with Gasteiger partial charge in [-0.25, -0.2) is 13.2 Å². The van der Waals surface area contributed by atoms with E-state index in [1.165, 1.54) is 32.4 Å². The van der Waals surface area contributed by atoms with Crippen molar-refractivity contribution in [2.75, 3.05) is 44.5 Å². The Morgan fingerprint density at radius 2 is 1.95 bits per heavy atom. The molecule has 0 heterocycles. The van der Waals surface area contributed by atoms with Crippen molar-refractivity contribution in [1.29, 1.82) is 0 Å². The molecule has 0 saturated heterocycles. The second-order valence-corrected chi connectivity index (χ2v) is 6.46. The molecular weight excluding hydrogens is 334 g/mol. The summed E-state index contributed by atoms with van der Waals surface area (Å²) in [6, 6.07) is 4.19. The fraction of sp³-hybridized carbons (Fsp3) is 0.462. The Morgan fingerprint density at radius 1 is 1.23 bits per heavy atom. The van der Waals surface area contributed by atoms with Crippen LogP contribution in [0.25, 0.3) is 0 Å². The van der Waals surface area contributed by atoms with E-state index in [1.807, 2.05) is 0 Å². The highest BCUT2D eigenvalue weighted by Gasteiger charge is 2.15. The Bertz CT molecular complexity index is 605. The van der Waals surface area contributed by atoms with Gasteiger partial charge in [0.1, 0.15) is 0 Å². The number of rotatable bonds is 9. The Morgan fingerprint density at radius 3 is 2.59 bits per heavy atom. The topological polar surface area (TPSA) is 90.9 Å². The van der Waals surface area contributed by atoms with Gasteiger partial charge in [0.15, 0.2) is 0 Å². The van der Waals surface area contributed by atoms with Crippen LogP contribution in [0.1, 0.15) is 10.4 Å². The van der Waals surface area contributed by atoms with Gasteiger partial charge in [-0.15, -0.1) is 0 Å². The van der Waals surface area contributed by atoms with E-state index >= 15 is 0 Å². The normalized spacial score (nSPS) is 11.2. The van der Waals surface area contributed by atoms with Crippen LogP contribution in [-0.2, 0) is 24.2 Å². The molecule has 0 saturated carbocycles. The number of ether oxygens (including phenoxy) is 3. The molecule has 1 aromatic carbocycles. The van der Waals surface area contributed by atoms with Crippen molar-refractivity contribution >= 4 is 33.3 Å². The number of benzene rings is 1. The zero-order valence-corrected chi connectivity index (χ0v) is 13.9. The van der Waals surface area contributed by atoms with Crippen LogP contribution in [0.15, 0.2) is 18.2 Å². The van der Waals surface area contributed by atoms with Gasteiger partial charge in [0.2, 0.25) is 10.0 Å². The summed E-state index contributed by atoms with van der Waals surface area (Å²) >= 11 is 5.86. The summed E-state index contributed by atoms with van der Waals surface area (Å²) in [4.78, 5) is 11.5. The van der Waals surface area contributed by atoms with Crippen molar-refractivity contribution < 1.29 is 27.4 Å². The fourth-order valence-electron chi connectivity index (χ4n) is 1.50. The minimum atomic E-state index is -3.59. The van der Waals surface area contributed by atoms with Gasteiger partial charge in [-0.2, -0.15) is 0 Å². The van der Waals surface area contributed by atoms with Crippen LogP contribution in [0.3, 0.4) is 0 Å². The highest BCUT2D eigenvalue weighted by Crippen LogP contribution is 2.22. The lowest BCUT2D eigenvalue weighted by atomic mass is 10.2. The molecule has 1 rings (SSSR count). The lowest BCUT2D eigenvalue weighted by molar-refractivity contribution is 0.0601. The summed E-state index contributed by atoms with van der Waals surface area (Å²) in [5.74, 6) is -0.860. The smallest absolute Gasteiger partial charge is 0.339 e. The van der Waals surface area contributed by atoms with E-state index in [1.54, 1.807) is 0 Å². The van der Waals surface area contributed by atoms with Gasteiger partial charge in [0.25, 0.3) is 0 Å². The first-order chi connectivity index (χ1) is 10.4. The molecule has 1 aromatic rings. The molecule has 124 valence electrons. The average molecular weight is 352 g/mol. The van der Waals surface area contributed by atoms with E-state index in [4.69, 9.17) is 21.1 Å². The van der Waals surface area contributed by atoms with E-state index in [-0.39, 0.29) is 28.6 Å². The molecule has 0 bridgehead atoms. The summed E-state index contributed by atoms with van der Waals surface area (Å²) in [6.07, 6.45) is 0. The zero-order chi connectivity index (χ0) is 16.6. The first-order valence-electron chi connectivity index (χ1n) is 6.34. The third-order valence-electron chi connectivity index (χ3n) is 2.57. The maximum Gasteiger partial charge on any atom is 0.339 e. The number of nitrogens with one attached hydrogen (secondary N) is 1. The van der Waals surface area contributed by atoms with Crippen LogP contribution in [0.4, 0.5) is 5.69 Å². The van der Waals surface area contributed by atoms with Gasteiger partial charge >= 0.3 is 5.97 Å². The monoisotopic (exact) mass is 351 g/mol. The number of sulfonamides is 1. The predicted octanol–water partition coefficient (Wildman–Crippen LogP) is 1.53. The summed E-state index contributed by atoms with van der Waals surface area (Å²) in [5.41, 5.74) is 0.308. The van der Waals surface area contributed by atoms with E-state index in [0.717, 1.165) is 0 Å². The van der Waals surface area contributed by atoms with Crippen LogP contribution in [0, 0.1) is 0 Å². The molecule has 0 spiro atoms. The molecule has 0 unspecified atom stereocenters. The first kappa shape index (κ1) is 18.7. The number of carbonyl (C=O) groups excluding carboxylic acids is 1. The Kier molecular flexibility index (Phi) is 7.60. The van der Waals surface area contributed by atoms with E-state index < -0.39 is 16.0 Å². The van der Waals surface area contributed by atoms with Gasteiger partial charge in [-0.05, 0) is 18.2 Å². The van der Waals surface area contributed by atoms with Crippen LogP contribution >= 0.6 is 11.6 Å². The van der Waals surface area contributed by atoms with E-state index in [9.17, 15) is 13.2 Å². The van der Waals surface area contributed by atoms with Gasteiger partial charge in [0, 0.05) is 12.8 Å². The number of carbonyl (C=O) groups is 1. The number of hydrogen-bond donors (Lipinski definition) is 1. The van der Waals surface area contributed by atoms with E-state index in [0.29, 0.717) is 13.2 Å². The zero-order valence-electron chi connectivity index (χ0n) is 12.3. The first-order valence-corrected chi connectivity index (χ1v) is 8.37. The molecule has 0 atom stereocenters. The number of halogens is 1. The Hall–Kier alpha value is -1.35. The van der Waals surface area contributed by atoms with Crippen LogP contribution in [-0.4, -0.2) is 54.2 Å². The van der Waals surface area contributed by atoms with Gasteiger partial charge in [-0.3, -0.25) is 4.72 Å². The number of anilines is 1. The van der Waals surface area contributed by atoms with Gasteiger partial charge in [-0.1, -0.05) is 11.6 Å². The SMILES string of the molecule is COCCOCCS(=O)(=O)Nc1ccc(Cl)c(C(=O)OC)c1. The molecule has 0 aliphatic heterocycles. The molecule has 0 radical (unpaired) electrons. The van der Waals surface area contributed by atoms with Crippen LogP contribution < -0.4 is 4.72 Å². The molecule has 22 heavy (non-hydrogen) atoms. The van der Waals surface area contributed by atoms with Crippen molar-refractivity contribution in [2.24, 2.45) is 0 Å². The molecule has 1 N–H and O–H groups in total. The highest BCUT2D eigenvalue weighted by atomic mass is 35.5. The summed E-state index contributed by atoms with van der Waals surface area (Å²) in [7, 11) is -0.851. The number of hydrogen-bond acceptors (Lipinski definition) is 6. The van der Waals surface area contributed by atoms with Gasteiger partial charge < -0.3 is 14.2 Å². The van der Waals surface area contributed by atoms with Crippen molar-refractivity contribution in [1.82, 2.24) is 0 Å². The third kappa shape index (κ3) is 6.18. The molecular formula is C13H18ClNO6S. The maximum atomic E-state index is 11.9. The van der Waals surface area contributed by atoms with Crippen molar-refractivity contribution in [3.63, 3.8) is 0 Å². The van der Waals surface area contributed by atoms with Crippen molar-refractivity contribution in [3.8, 4) is 0 Å². The molecule has 9 heteroatoms. The lowest BCUT2D eigenvalue weighted by Crippen LogP contribution is -2.21. The molecule has 0 fully saturated rings. The molecule has 7 nitrogen and oxygen atoms in total. The Labute approximate surface area is 134 Å². The Balaban J connectivity index is 2.67. The number of methoxy groups -OCH3 is 2. The van der Waals surface area contributed by atoms with Crippen molar-refractivity contribution in [3.05, 3.63) is 28.8 Å². The number of esters is 1. The quantitative estimate of drug-likeness (QED) is 0.536. The highest BCUT2D eigenvalue weighted by molar-refractivity contribution is 7.92. The second-order valence-electron chi connectivity index (χ2n) is 4.21. The lowest BCUT2D eigenvalue weighted by Gasteiger charge is -2.10. The molecule has 0 aliphatic carbocycles. The third-order valence-corrected chi connectivity index (χ3v) is 4.15. The minimum Gasteiger partial charge on any atom is -0.465 e. The average Bonchev–Trinajstić information content (AvgIpc) is 2.48. The second kappa shape index (κ2) is 8.94. The minimum absolute atomic E-state index is 0.0378. The van der Waals surface area contributed by atoms with Crippen LogP contribution in [0.2, 0.25) is 5.02 Å². The summed E-state index contributed by atoms with van der Waals surface area (Å²) < 4.78 is 40.6.